The van der Waals surface area contributed by atoms with Crippen LogP contribution in [0.4, 0.5) is 0 Å². The molecule has 2 heterocycles. The zero-order valence-electron chi connectivity index (χ0n) is 13.6. The highest BCUT2D eigenvalue weighted by Gasteiger charge is 2.28. The summed E-state index contributed by atoms with van der Waals surface area (Å²) in [4.78, 5) is 30.3. The normalized spacial score (nSPS) is 22.9. The van der Waals surface area contributed by atoms with Gasteiger partial charge in [0.2, 0.25) is 17.7 Å². The molecular formula is C16H24N4O3. The standard InChI is InChI=1S/C16H24N4O3/c1-11-16(22)17-9-4-10-20(11)14(21)8-7-13-18-15(19-23-13)12-5-2-3-6-12/h11-12H,2-10H2,1H3,(H,17,22). The van der Waals surface area contributed by atoms with Gasteiger partial charge in [-0.2, -0.15) is 4.98 Å². The van der Waals surface area contributed by atoms with Gasteiger partial charge in [0.15, 0.2) is 5.82 Å². The van der Waals surface area contributed by atoms with Crippen LogP contribution in [0.1, 0.15) is 63.1 Å². The van der Waals surface area contributed by atoms with E-state index in [1.165, 1.54) is 12.8 Å². The number of aromatic nitrogens is 2. The second-order valence-electron chi connectivity index (χ2n) is 6.44. The molecule has 0 aromatic carbocycles. The average Bonchev–Trinajstić information content (AvgIpc) is 3.20. The summed E-state index contributed by atoms with van der Waals surface area (Å²) in [7, 11) is 0. The predicted molar refractivity (Wildman–Crippen MR) is 82.6 cm³/mol. The first kappa shape index (κ1) is 16.0. The van der Waals surface area contributed by atoms with E-state index < -0.39 is 6.04 Å². The Morgan fingerprint density at radius 2 is 2.13 bits per heavy atom. The molecule has 3 rings (SSSR count). The zero-order valence-corrected chi connectivity index (χ0v) is 13.6. The lowest BCUT2D eigenvalue weighted by atomic mass is 10.1. The van der Waals surface area contributed by atoms with E-state index in [4.69, 9.17) is 4.52 Å². The molecule has 2 aliphatic rings. The molecule has 0 radical (unpaired) electrons. The fourth-order valence-corrected chi connectivity index (χ4v) is 3.36. The van der Waals surface area contributed by atoms with Gasteiger partial charge in [-0.3, -0.25) is 9.59 Å². The van der Waals surface area contributed by atoms with Gasteiger partial charge >= 0.3 is 0 Å². The Balaban J connectivity index is 1.55. The van der Waals surface area contributed by atoms with Crippen LogP contribution in [0, 0.1) is 0 Å². The fourth-order valence-electron chi connectivity index (χ4n) is 3.36. The third kappa shape index (κ3) is 3.71. The molecule has 1 saturated heterocycles. The number of nitrogens with one attached hydrogen (secondary N) is 1. The van der Waals surface area contributed by atoms with Crippen LogP contribution < -0.4 is 5.32 Å². The second-order valence-corrected chi connectivity index (χ2v) is 6.44. The lowest BCUT2D eigenvalue weighted by Gasteiger charge is -2.25. The molecule has 2 fully saturated rings. The molecule has 2 amide bonds. The molecular weight excluding hydrogens is 296 g/mol. The summed E-state index contributed by atoms with van der Waals surface area (Å²) in [6.45, 7) is 3.00. The van der Waals surface area contributed by atoms with Crippen LogP contribution in [-0.2, 0) is 16.0 Å². The van der Waals surface area contributed by atoms with Crippen molar-refractivity contribution in [3.63, 3.8) is 0 Å². The number of aryl methyl sites for hydroxylation is 1. The van der Waals surface area contributed by atoms with Crippen molar-refractivity contribution in [2.45, 2.75) is 63.8 Å². The molecule has 126 valence electrons. The maximum absolute atomic E-state index is 12.4. The van der Waals surface area contributed by atoms with Crippen LogP contribution in [0.2, 0.25) is 0 Å². The largest absolute Gasteiger partial charge is 0.354 e. The van der Waals surface area contributed by atoms with Gasteiger partial charge in [0.05, 0.1) is 0 Å². The van der Waals surface area contributed by atoms with Crippen LogP contribution in [0.15, 0.2) is 4.52 Å². The number of hydrogen-bond donors (Lipinski definition) is 1. The molecule has 23 heavy (non-hydrogen) atoms. The molecule has 7 nitrogen and oxygen atoms in total. The van der Waals surface area contributed by atoms with E-state index >= 15 is 0 Å². The Kier molecular flexibility index (Phi) is 4.93. The van der Waals surface area contributed by atoms with Gasteiger partial charge < -0.3 is 14.7 Å². The minimum absolute atomic E-state index is 0.0323. The summed E-state index contributed by atoms with van der Waals surface area (Å²) in [6, 6.07) is -0.415. The Bertz CT molecular complexity index is 565. The summed E-state index contributed by atoms with van der Waals surface area (Å²) in [5.41, 5.74) is 0. The zero-order chi connectivity index (χ0) is 16.2. The monoisotopic (exact) mass is 320 g/mol. The summed E-state index contributed by atoms with van der Waals surface area (Å²) >= 11 is 0. The van der Waals surface area contributed by atoms with Crippen LogP contribution in [0.5, 0.6) is 0 Å². The lowest BCUT2D eigenvalue weighted by molar-refractivity contribution is -0.138. The van der Waals surface area contributed by atoms with Gasteiger partial charge in [-0.15, -0.1) is 0 Å². The molecule has 1 aromatic heterocycles. The number of amides is 2. The first-order valence-electron chi connectivity index (χ1n) is 8.55. The van der Waals surface area contributed by atoms with Crippen LogP contribution >= 0.6 is 0 Å². The van der Waals surface area contributed by atoms with Gasteiger partial charge in [0.25, 0.3) is 0 Å². The highest BCUT2D eigenvalue weighted by molar-refractivity contribution is 5.87. The van der Waals surface area contributed by atoms with E-state index in [0.29, 0.717) is 37.7 Å². The molecule has 1 aliphatic carbocycles. The fraction of sp³-hybridized carbons (Fsp3) is 0.750. The highest BCUT2D eigenvalue weighted by Crippen LogP contribution is 2.32. The molecule has 7 heteroatoms. The van der Waals surface area contributed by atoms with Gasteiger partial charge in [0.1, 0.15) is 6.04 Å². The van der Waals surface area contributed by atoms with Gasteiger partial charge in [0, 0.05) is 31.8 Å². The van der Waals surface area contributed by atoms with Gasteiger partial charge in [-0.1, -0.05) is 18.0 Å². The van der Waals surface area contributed by atoms with Crippen LogP contribution in [-0.4, -0.2) is 46.0 Å². The van der Waals surface area contributed by atoms with Crippen molar-refractivity contribution in [1.29, 1.82) is 0 Å². The maximum atomic E-state index is 12.4. The Morgan fingerprint density at radius 3 is 2.91 bits per heavy atom. The van der Waals surface area contributed by atoms with Crippen molar-refractivity contribution in [1.82, 2.24) is 20.4 Å². The third-order valence-corrected chi connectivity index (χ3v) is 4.80. The topological polar surface area (TPSA) is 88.3 Å². The third-order valence-electron chi connectivity index (χ3n) is 4.80. The van der Waals surface area contributed by atoms with E-state index in [0.717, 1.165) is 25.1 Å². The smallest absolute Gasteiger partial charge is 0.242 e. The first-order chi connectivity index (χ1) is 11.1. The van der Waals surface area contributed by atoms with Gasteiger partial charge in [-0.25, -0.2) is 0 Å². The summed E-state index contributed by atoms with van der Waals surface area (Å²) < 4.78 is 5.28. The van der Waals surface area contributed by atoms with E-state index in [1.54, 1.807) is 11.8 Å². The number of rotatable bonds is 4. The van der Waals surface area contributed by atoms with E-state index in [1.807, 2.05) is 0 Å². The minimum atomic E-state index is -0.415. The Labute approximate surface area is 135 Å². The van der Waals surface area contributed by atoms with Crippen molar-refractivity contribution in [3.05, 3.63) is 11.7 Å². The van der Waals surface area contributed by atoms with Crippen molar-refractivity contribution in [2.24, 2.45) is 0 Å². The van der Waals surface area contributed by atoms with E-state index in [2.05, 4.69) is 15.5 Å². The summed E-state index contributed by atoms with van der Waals surface area (Å²) in [5, 5.41) is 6.87. The highest BCUT2D eigenvalue weighted by atomic mass is 16.5. The van der Waals surface area contributed by atoms with Gasteiger partial charge in [-0.05, 0) is 26.2 Å². The van der Waals surface area contributed by atoms with E-state index in [-0.39, 0.29) is 11.8 Å². The Hall–Kier alpha value is -1.92. The minimum Gasteiger partial charge on any atom is -0.354 e. The van der Waals surface area contributed by atoms with Crippen molar-refractivity contribution in [3.8, 4) is 0 Å². The molecule has 1 unspecified atom stereocenters. The Morgan fingerprint density at radius 1 is 1.35 bits per heavy atom. The molecule has 1 aliphatic heterocycles. The lowest BCUT2D eigenvalue weighted by Crippen LogP contribution is -2.45. The van der Waals surface area contributed by atoms with Crippen LogP contribution in [0.25, 0.3) is 0 Å². The summed E-state index contributed by atoms with van der Waals surface area (Å²) in [6.07, 6.45) is 6.21. The average molecular weight is 320 g/mol. The molecule has 0 spiro atoms. The van der Waals surface area contributed by atoms with Crippen molar-refractivity contribution < 1.29 is 14.1 Å². The first-order valence-corrected chi connectivity index (χ1v) is 8.55. The number of carbonyl (C=O) groups excluding carboxylic acids is 2. The number of nitrogens with zero attached hydrogens (tertiary/aromatic N) is 3. The van der Waals surface area contributed by atoms with Crippen molar-refractivity contribution in [2.75, 3.05) is 13.1 Å². The van der Waals surface area contributed by atoms with E-state index in [9.17, 15) is 9.59 Å². The molecule has 1 atom stereocenters. The number of carbonyl (C=O) groups is 2. The van der Waals surface area contributed by atoms with Crippen molar-refractivity contribution >= 4 is 11.8 Å². The summed E-state index contributed by atoms with van der Waals surface area (Å²) in [5.74, 6) is 1.60. The predicted octanol–water partition coefficient (Wildman–Crippen LogP) is 1.40. The molecule has 1 saturated carbocycles. The molecule has 1 aromatic rings. The SMILES string of the molecule is CC1C(=O)NCCCN1C(=O)CCc1nc(C2CCCC2)no1. The molecule has 0 bridgehead atoms. The maximum Gasteiger partial charge on any atom is 0.242 e. The second kappa shape index (κ2) is 7.10. The number of hydrogen-bond acceptors (Lipinski definition) is 5. The van der Waals surface area contributed by atoms with Crippen LogP contribution in [0.3, 0.4) is 0 Å². The quantitative estimate of drug-likeness (QED) is 0.906. The molecule has 1 N–H and O–H groups in total.